The molecule has 1 aliphatic carbocycles. The molecule has 2 heteroatoms. The predicted octanol–water partition coefficient (Wildman–Crippen LogP) is 4.45. The highest BCUT2D eigenvalue weighted by Crippen LogP contribution is 2.28. The standard InChI is InChI=1S/C16H24FN/c1-3-13-8-10-14(11-9-13)18-12(2)15-6-4-5-7-16(15)17/h4-7,12-14,18H,3,8-11H2,1-2H3/t12-,13?,14?/m1/s1. The minimum absolute atomic E-state index is 0.0975. The molecule has 1 atom stereocenters. The number of halogens is 1. The lowest BCUT2D eigenvalue weighted by Crippen LogP contribution is -2.35. The molecule has 0 heterocycles. The Morgan fingerprint density at radius 2 is 1.89 bits per heavy atom. The lowest BCUT2D eigenvalue weighted by atomic mass is 9.84. The van der Waals surface area contributed by atoms with Crippen molar-refractivity contribution in [3.05, 3.63) is 35.6 Å². The van der Waals surface area contributed by atoms with Crippen LogP contribution in [0.5, 0.6) is 0 Å². The fraction of sp³-hybridized carbons (Fsp3) is 0.625. The lowest BCUT2D eigenvalue weighted by Gasteiger charge is -2.31. The summed E-state index contributed by atoms with van der Waals surface area (Å²) >= 11 is 0. The van der Waals surface area contributed by atoms with Gasteiger partial charge in [0, 0.05) is 17.6 Å². The molecule has 2 rings (SSSR count). The molecule has 1 aliphatic rings. The number of benzene rings is 1. The van der Waals surface area contributed by atoms with Crippen molar-refractivity contribution in [2.45, 2.75) is 58.0 Å². The first-order chi connectivity index (χ1) is 8.70. The van der Waals surface area contributed by atoms with Crippen molar-refractivity contribution in [2.75, 3.05) is 0 Å². The van der Waals surface area contributed by atoms with E-state index in [2.05, 4.69) is 19.2 Å². The van der Waals surface area contributed by atoms with Gasteiger partial charge in [-0.15, -0.1) is 0 Å². The zero-order valence-corrected chi connectivity index (χ0v) is 11.5. The number of hydrogen-bond donors (Lipinski definition) is 1. The third-order valence-electron chi connectivity index (χ3n) is 4.28. The fourth-order valence-corrected chi connectivity index (χ4v) is 3.01. The van der Waals surface area contributed by atoms with Crippen molar-refractivity contribution in [1.29, 1.82) is 0 Å². The molecule has 1 N–H and O–H groups in total. The van der Waals surface area contributed by atoms with E-state index in [1.54, 1.807) is 12.1 Å². The topological polar surface area (TPSA) is 12.0 Å². The van der Waals surface area contributed by atoms with Crippen molar-refractivity contribution in [1.82, 2.24) is 5.32 Å². The highest BCUT2D eigenvalue weighted by Gasteiger charge is 2.22. The molecule has 0 spiro atoms. The van der Waals surface area contributed by atoms with Crippen LogP contribution in [0.25, 0.3) is 0 Å². The molecule has 1 saturated carbocycles. The summed E-state index contributed by atoms with van der Waals surface area (Å²) in [6.45, 7) is 4.34. The molecule has 0 unspecified atom stereocenters. The van der Waals surface area contributed by atoms with Crippen molar-refractivity contribution >= 4 is 0 Å². The van der Waals surface area contributed by atoms with Crippen LogP contribution in [-0.4, -0.2) is 6.04 Å². The van der Waals surface area contributed by atoms with E-state index in [4.69, 9.17) is 0 Å². The van der Waals surface area contributed by atoms with Gasteiger partial charge < -0.3 is 5.32 Å². The largest absolute Gasteiger partial charge is 0.307 e. The second-order valence-corrected chi connectivity index (χ2v) is 5.54. The summed E-state index contributed by atoms with van der Waals surface area (Å²) in [6, 6.07) is 7.74. The van der Waals surface area contributed by atoms with Crippen molar-refractivity contribution in [2.24, 2.45) is 5.92 Å². The van der Waals surface area contributed by atoms with Crippen LogP contribution in [0.3, 0.4) is 0 Å². The molecule has 0 aromatic heterocycles. The molecule has 100 valence electrons. The van der Waals surface area contributed by atoms with Crippen LogP contribution >= 0.6 is 0 Å². The fourth-order valence-electron chi connectivity index (χ4n) is 3.01. The Kier molecular flexibility index (Phi) is 4.76. The van der Waals surface area contributed by atoms with Crippen LogP contribution in [-0.2, 0) is 0 Å². The smallest absolute Gasteiger partial charge is 0.127 e. The van der Waals surface area contributed by atoms with E-state index in [-0.39, 0.29) is 11.9 Å². The molecular formula is C16H24FN. The van der Waals surface area contributed by atoms with E-state index in [9.17, 15) is 4.39 Å². The van der Waals surface area contributed by atoms with Gasteiger partial charge >= 0.3 is 0 Å². The van der Waals surface area contributed by atoms with Gasteiger partial charge in [0.1, 0.15) is 5.82 Å². The summed E-state index contributed by atoms with van der Waals surface area (Å²) in [5.41, 5.74) is 0.787. The molecular weight excluding hydrogens is 225 g/mol. The van der Waals surface area contributed by atoms with Crippen LogP contribution in [0.1, 0.15) is 57.6 Å². The van der Waals surface area contributed by atoms with Gasteiger partial charge in [-0.25, -0.2) is 4.39 Å². The average Bonchev–Trinajstić information content (AvgIpc) is 2.40. The molecule has 1 nitrogen and oxygen atoms in total. The molecule has 1 aromatic rings. The molecule has 0 aliphatic heterocycles. The monoisotopic (exact) mass is 249 g/mol. The summed E-state index contributed by atoms with van der Waals surface area (Å²) in [4.78, 5) is 0. The molecule has 0 saturated heterocycles. The highest BCUT2D eigenvalue weighted by atomic mass is 19.1. The minimum Gasteiger partial charge on any atom is -0.307 e. The van der Waals surface area contributed by atoms with Crippen LogP contribution in [0.2, 0.25) is 0 Å². The molecule has 0 amide bonds. The van der Waals surface area contributed by atoms with Gasteiger partial charge in [0.15, 0.2) is 0 Å². The van der Waals surface area contributed by atoms with Crippen LogP contribution in [0.4, 0.5) is 4.39 Å². The first-order valence-electron chi connectivity index (χ1n) is 7.21. The van der Waals surface area contributed by atoms with E-state index < -0.39 is 0 Å². The number of hydrogen-bond acceptors (Lipinski definition) is 1. The van der Waals surface area contributed by atoms with Gasteiger partial charge in [0.25, 0.3) is 0 Å². The SMILES string of the molecule is CCC1CCC(N[C@H](C)c2ccccc2F)CC1. The van der Waals surface area contributed by atoms with E-state index in [1.165, 1.54) is 32.1 Å². The third kappa shape index (κ3) is 3.32. The molecule has 0 radical (unpaired) electrons. The average molecular weight is 249 g/mol. The number of nitrogens with one attached hydrogen (secondary N) is 1. The minimum atomic E-state index is -0.0975. The van der Waals surface area contributed by atoms with Gasteiger partial charge in [-0.1, -0.05) is 31.5 Å². The maximum atomic E-state index is 13.7. The van der Waals surface area contributed by atoms with Crippen molar-refractivity contribution in [3.8, 4) is 0 Å². The quantitative estimate of drug-likeness (QED) is 0.831. The summed E-state index contributed by atoms with van der Waals surface area (Å²) in [6.07, 6.45) is 6.40. The molecule has 0 bridgehead atoms. The van der Waals surface area contributed by atoms with Gasteiger partial charge in [0.2, 0.25) is 0 Å². The van der Waals surface area contributed by atoms with Crippen LogP contribution in [0, 0.1) is 11.7 Å². The Morgan fingerprint density at radius 3 is 2.50 bits per heavy atom. The predicted molar refractivity (Wildman–Crippen MR) is 74.0 cm³/mol. The zero-order valence-electron chi connectivity index (χ0n) is 11.5. The highest BCUT2D eigenvalue weighted by molar-refractivity contribution is 5.20. The van der Waals surface area contributed by atoms with E-state index in [0.29, 0.717) is 6.04 Å². The van der Waals surface area contributed by atoms with Crippen molar-refractivity contribution < 1.29 is 4.39 Å². The first kappa shape index (κ1) is 13.5. The second-order valence-electron chi connectivity index (χ2n) is 5.54. The third-order valence-corrected chi connectivity index (χ3v) is 4.28. The molecule has 18 heavy (non-hydrogen) atoms. The maximum absolute atomic E-state index is 13.7. The Morgan fingerprint density at radius 1 is 1.22 bits per heavy atom. The number of rotatable bonds is 4. The Balaban J connectivity index is 1.89. The van der Waals surface area contributed by atoms with E-state index >= 15 is 0 Å². The summed E-state index contributed by atoms with van der Waals surface area (Å²) in [5, 5.41) is 3.58. The zero-order chi connectivity index (χ0) is 13.0. The normalized spacial score (nSPS) is 25.9. The van der Waals surface area contributed by atoms with Gasteiger partial charge in [-0.05, 0) is 44.6 Å². The maximum Gasteiger partial charge on any atom is 0.127 e. The van der Waals surface area contributed by atoms with E-state index in [0.717, 1.165) is 11.5 Å². The van der Waals surface area contributed by atoms with Gasteiger partial charge in [-0.2, -0.15) is 0 Å². The van der Waals surface area contributed by atoms with Gasteiger partial charge in [0.05, 0.1) is 0 Å². The summed E-state index contributed by atoms with van der Waals surface area (Å²) in [7, 11) is 0. The summed E-state index contributed by atoms with van der Waals surface area (Å²) in [5.74, 6) is 0.812. The lowest BCUT2D eigenvalue weighted by molar-refractivity contribution is 0.272. The Labute approximate surface area is 110 Å². The van der Waals surface area contributed by atoms with Crippen molar-refractivity contribution in [3.63, 3.8) is 0 Å². The van der Waals surface area contributed by atoms with Crippen LogP contribution < -0.4 is 5.32 Å². The Hall–Kier alpha value is -0.890. The Bertz CT molecular complexity index is 369. The molecule has 1 aromatic carbocycles. The first-order valence-corrected chi connectivity index (χ1v) is 7.21. The van der Waals surface area contributed by atoms with E-state index in [1.807, 2.05) is 12.1 Å². The summed E-state index contributed by atoms with van der Waals surface area (Å²) < 4.78 is 13.7. The van der Waals surface area contributed by atoms with Crippen LogP contribution in [0.15, 0.2) is 24.3 Å². The second kappa shape index (κ2) is 6.33. The molecule has 1 fully saturated rings. The van der Waals surface area contributed by atoms with Gasteiger partial charge in [-0.3, -0.25) is 0 Å².